The molecule has 20 heavy (non-hydrogen) atoms. The van der Waals surface area contributed by atoms with Gasteiger partial charge in [-0.3, -0.25) is 0 Å². The zero-order chi connectivity index (χ0) is 14.7. The smallest absolute Gasteiger partial charge is 0.357 e. The van der Waals surface area contributed by atoms with E-state index in [1.165, 1.54) is 30.6 Å². The normalized spacial score (nSPS) is 10.4. The van der Waals surface area contributed by atoms with Crippen LogP contribution in [0.3, 0.4) is 0 Å². The Morgan fingerprint density at radius 1 is 1.40 bits per heavy atom. The molecule has 0 unspecified atom stereocenters. The molecular weight excluding hydrogens is 279 g/mol. The van der Waals surface area contributed by atoms with Gasteiger partial charge in [0.2, 0.25) is 0 Å². The van der Waals surface area contributed by atoms with Gasteiger partial charge in [-0.25, -0.2) is 14.2 Å². The quantitative estimate of drug-likeness (QED) is 0.813. The van der Waals surface area contributed by atoms with Crippen molar-refractivity contribution in [3.8, 4) is 0 Å². The first-order valence-electron chi connectivity index (χ1n) is 6.02. The van der Waals surface area contributed by atoms with Gasteiger partial charge in [0.25, 0.3) is 0 Å². The number of aromatic nitrogens is 1. The van der Waals surface area contributed by atoms with E-state index < -0.39 is 5.97 Å². The number of nitrogens with zero attached hydrogens (tertiary/aromatic N) is 2. The lowest BCUT2D eigenvalue weighted by Crippen LogP contribution is -2.16. The van der Waals surface area contributed by atoms with Crippen LogP contribution >= 0.6 is 11.3 Å². The largest absolute Gasteiger partial charge is 0.464 e. The summed E-state index contributed by atoms with van der Waals surface area (Å²) >= 11 is 1.43. The summed E-state index contributed by atoms with van der Waals surface area (Å²) in [7, 11) is 3.21. The Labute approximate surface area is 120 Å². The van der Waals surface area contributed by atoms with Crippen LogP contribution in [0.2, 0.25) is 0 Å². The summed E-state index contributed by atoms with van der Waals surface area (Å²) in [5, 5.41) is 0.729. The first-order valence-corrected chi connectivity index (χ1v) is 6.84. The fourth-order valence-electron chi connectivity index (χ4n) is 1.76. The number of anilines is 1. The molecule has 0 aliphatic heterocycles. The number of carbonyl (C=O) groups excluding carboxylic acids is 1. The van der Waals surface area contributed by atoms with Gasteiger partial charge in [0, 0.05) is 18.5 Å². The molecule has 6 heteroatoms. The highest BCUT2D eigenvalue weighted by Crippen LogP contribution is 2.26. The average molecular weight is 294 g/mol. The number of thiazole rings is 1. The number of hydrogen-bond donors (Lipinski definition) is 0. The van der Waals surface area contributed by atoms with Gasteiger partial charge in [0.1, 0.15) is 5.82 Å². The van der Waals surface area contributed by atoms with Gasteiger partial charge >= 0.3 is 5.97 Å². The monoisotopic (exact) mass is 294 g/mol. The molecular formula is C14H15FN2O2S. The highest BCUT2D eigenvalue weighted by Gasteiger charge is 2.17. The number of carbonyl (C=O) groups is 1. The second-order valence-electron chi connectivity index (χ2n) is 4.38. The van der Waals surface area contributed by atoms with Crippen LogP contribution in [0, 0.1) is 12.7 Å². The van der Waals surface area contributed by atoms with Gasteiger partial charge in [-0.15, -0.1) is 11.3 Å². The molecule has 0 saturated heterocycles. The fraction of sp³-hybridized carbons (Fsp3) is 0.286. The van der Waals surface area contributed by atoms with Crippen LogP contribution in [-0.2, 0) is 11.3 Å². The van der Waals surface area contributed by atoms with E-state index in [2.05, 4.69) is 9.72 Å². The average Bonchev–Trinajstić information content (AvgIpc) is 2.82. The lowest BCUT2D eigenvalue weighted by atomic mass is 10.2. The summed E-state index contributed by atoms with van der Waals surface area (Å²) in [4.78, 5) is 18.5. The van der Waals surface area contributed by atoms with Gasteiger partial charge in [0.15, 0.2) is 10.8 Å². The topological polar surface area (TPSA) is 42.4 Å². The lowest BCUT2D eigenvalue weighted by Gasteiger charge is -2.15. The van der Waals surface area contributed by atoms with Crippen molar-refractivity contribution < 1.29 is 13.9 Å². The third-order valence-electron chi connectivity index (χ3n) is 2.82. The highest BCUT2D eigenvalue weighted by molar-refractivity contribution is 7.15. The Balaban J connectivity index is 2.15. The van der Waals surface area contributed by atoms with E-state index >= 15 is 0 Å². The molecule has 0 spiro atoms. The first-order chi connectivity index (χ1) is 9.51. The summed E-state index contributed by atoms with van der Waals surface area (Å²) in [6, 6.07) is 6.31. The van der Waals surface area contributed by atoms with Crippen LogP contribution < -0.4 is 4.90 Å². The van der Waals surface area contributed by atoms with E-state index in [4.69, 9.17) is 0 Å². The van der Waals surface area contributed by atoms with Crippen molar-refractivity contribution in [1.29, 1.82) is 0 Å². The molecule has 1 heterocycles. The van der Waals surface area contributed by atoms with Gasteiger partial charge in [-0.1, -0.05) is 12.1 Å². The Kier molecular flexibility index (Phi) is 4.34. The third kappa shape index (κ3) is 3.14. The SMILES string of the molecule is COC(=O)c1nc(N(C)Cc2ccc(F)cc2)sc1C. The van der Waals surface area contributed by atoms with Crippen molar-refractivity contribution >= 4 is 22.4 Å². The van der Waals surface area contributed by atoms with Crippen molar-refractivity contribution in [3.63, 3.8) is 0 Å². The van der Waals surface area contributed by atoms with Crippen molar-refractivity contribution in [3.05, 3.63) is 46.2 Å². The minimum absolute atomic E-state index is 0.255. The summed E-state index contributed by atoms with van der Waals surface area (Å²) in [6.07, 6.45) is 0. The first kappa shape index (κ1) is 14.5. The highest BCUT2D eigenvalue weighted by atomic mass is 32.1. The summed E-state index contributed by atoms with van der Waals surface area (Å²) in [6.45, 7) is 2.42. The van der Waals surface area contributed by atoms with Gasteiger partial charge < -0.3 is 9.64 Å². The predicted octanol–water partition coefficient (Wildman–Crippen LogP) is 3.01. The molecule has 0 aliphatic rings. The number of esters is 1. The number of aryl methyl sites for hydroxylation is 1. The molecule has 0 saturated carbocycles. The molecule has 0 fully saturated rings. The molecule has 0 bridgehead atoms. The van der Waals surface area contributed by atoms with Crippen LogP contribution in [0.1, 0.15) is 20.9 Å². The van der Waals surface area contributed by atoms with E-state index in [0.29, 0.717) is 12.2 Å². The molecule has 2 aromatic rings. The number of hydrogen-bond acceptors (Lipinski definition) is 5. The van der Waals surface area contributed by atoms with E-state index in [-0.39, 0.29) is 5.82 Å². The molecule has 1 aromatic heterocycles. The van der Waals surface area contributed by atoms with E-state index in [9.17, 15) is 9.18 Å². The zero-order valence-corrected chi connectivity index (χ0v) is 12.3. The van der Waals surface area contributed by atoms with Crippen LogP contribution in [0.15, 0.2) is 24.3 Å². The third-order valence-corrected chi connectivity index (χ3v) is 3.91. The van der Waals surface area contributed by atoms with Crippen molar-refractivity contribution in [1.82, 2.24) is 4.98 Å². The number of ether oxygens (including phenoxy) is 1. The Hall–Kier alpha value is -1.95. The van der Waals surface area contributed by atoms with E-state index in [1.54, 1.807) is 12.1 Å². The number of halogens is 1. The van der Waals surface area contributed by atoms with Gasteiger partial charge in [0.05, 0.1) is 7.11 Å². The molecule has 1 aromatic carbocycles. The predicted molar refractivity (Wildman–Crippen MR) is 76.7 cm³/mol. The van der Waals surface area contributed by atoms with Crippen LogP contribution in [-0.4, -0.2) is 25.1 Å². The van der Waals surface area contributed by atoms with Crippen molar-refractivity contribution in [2.24, 2.45) is 0 Å². The maximum absolute atomic E-state index is 12.9. The maximum Gasteiger partial charge on any atom is 0.357 e. The van der Waals surface area contributed by atoms with Crippen molar-refractivity contribution in [2.45, 2.75) is 13.5 Å². The second-order valence-corrected chi connectivity index (χ2v) is 5.56. The molecule has 4 nitrogen and oxygen atoms in total. The van der Waals surface area contributed by atoms with E-state index in [1.807, 2.05) is 18.9 Å². The lowest BCUT2D eigenvalue weighted by molar-refractivity contribution is 0.0594. The Morgan fingerprint density at radius 2 is 2.05 bits per heavy atom. The van der Waals surface area contributed by atoms with Gasteiger partial charge in [-0.2, -0.15) is 0 Å². The molecule has 0 aliphatic carbocycles. The minimum Gasteiger partial charge on any atom is -0.464 e. The van der Waals surface area contributed by atoms with Crippen molar-refractivity contribution in [2.75, 3.05) is 19.1 Å². The fourth-order valence-corrected chi connectivity index (χ4v) is 2.62. The van der Waals surface area contributed by atoms with Gasteiger partial charge in [-0.05, 0) is 24.6 Å². The number of benzene rings is 1. The summed E-state index contributed by atoms with van der Waals surface area (Å²) in [5.74, 6) is -0.686. The second kappa shape index (κ2) is 6.00. The van der Waals surface area contributed by atoms with E-state index in [0.717, 1.165) is 15.6 Å². The Morgan fingerprint density at radius 3 is 2.65 bits per heavy atom. The number of methoxy groups -OCH3 is 1. The maximum atomic E-state index is 12.9. The van der Waals surface area contributed by atoms with Crippen LogP contribution in [0.25, 0.3) is 0 Å². The minimum atomic E-state index is -0.430. The molecule has 106 valence electrons. The number of rotatable bonds is 4. The van der Waals surface area contributed by atoms with Crippen LogP contribution in [0.5, 0.6) is 0 Å². The zero-order valence-electron chi connectivity index (χ0n) is 11.5. The van der Waals surface area contributed by atoms with Crippen LogP contribution in [0.4, 0.5) is 9.52 Å². The molecule has 0 atom stereocenters. The molecule has 2 rings (SSSR count). The summed E-state index contributed by atoms with van der Waals surface area (Å²) in [5.41, 5.74) is 1.32. The molecule has 0 radical (unpaired) electrons. The molecule has 0 amide bonds. The summed E-state index contributed by atoms with van der Waals surface area (Å²) < 4.78 is 17.5. The standard InChI is InChI=1S/C14H15FN2O2S/c1-9-12(13(18)19-3)16-14(20-9)17(2)8-10-4-6-11(15)7-5-10/h4-7H,8H2,1-3H3. The molecule has 0 N–H and O–H groups in total. The Bertz CT molecular complexity index is 610.